The third kappa shape index (κ3) is 6.21. The third-order valence-electron chi connectivity index (χ3n) is 6.58. The first-order valence-corrected chi connectivity index (χ1v) is 11.5. The Bertz CT molecular complexity index is 696. The lowest BCUT2D eigenvalue weighted by Crippen LogP contribution is -2.39. The van der Waals surface area contributed by atoms with Gasteiger partial charge in [-0.25, -0.2) is 4.79 Å². The number of carbonyl (C=O) groups is 2. The first-order chi connectivity index (χ1) is 14.6. The van der Waals surface area contributed by atoms with Crippen molar-refractivity contribution in [1.82, 2.24) is 9.80 Å². The van der Waals surface area contributed by atoms with Crippen LogP contribution in [0.25, 0.3) is 0 Å². The van der Waals surface area contributed by atoms with Gasteiger partial charge in [0.25, 0.3) is 0 Å². The molecule has 3 atom stereocenters. The SMILES string of the molecule is CCOC(=O)N(C)[C@@H]1CCCC[C@H](CN2CC[C@H](Nc3ccccc3CC=O)C2)C1. The van der Waals surface area contributed by atoms with Crippen molar-refractivity contribution >= 4 is 18.1 Å². The molecule has 1 aliphatic heterocycles. The van der Waals surface area contributed by atoms with Gasteiger partial charge in [0.15, 0.2) is 0 Å². The van der Waals surface area contributed by atoms with Crippen LogP contribution >= 0.6 is 0 Å². The predicted molar refractivity (Wildman–Crippen MR) is 120 cm³/mol. The smallest absolute Gasteiger partial charge is 0.409 e. The second-order valence-electron chi connectivity index (χ2n) is 8.77. The van der Waals surface area contributed by atoms with E-state index in [4.69, 9.17) is 4.74 Å². The normalized spacial score (nSPS) is 24.8. The fraction of sp³-hybridized carbons (Fsp3) is 0.667. The van der Waals surface area contributed by atoms with Crippen LogP contribution in [0.5, 0.6) is 0 Å². The molecule has 1 aromatic carbocycles. The highest BCUT2D eigenvalue weighted by molar-refractivity contribution is 5.67. The summed E-state index contributed by atoms with van der Waals surface area (Å²) in [6, 6.07) is 8.80. The Morgan fingerprint density at radius 1 is 1.27 bits per heavy atom. The zero-order valence-electron chi connectivity index (χ0n) is 18.5. The number of nitrogens with one attached hydrogen (secondary N) is 1. The molecule has 1 saturated heterocycles. The molecule has 1 N–H and O–H groups in total. The molecule has 1 aromatic rings. The van der Waals surface area contributed by atoms with Gasteiger partial charge >= 0.3 is 6.09 Å². The molecule has 1 heterocycles. The molecule has 2 fully saturated rings. The number of para-hydroxylation sites is 1. The highest BCUT2D eigenvalue weighted by atomic mass is 16.6. The van der Waals surface area contributed by atoms with Crippen molar-refractivity contribution < 1.29 is 14.3 Å². The van der Waals surface area contributed by atoms with Gasteiger partial charge in [-0.05, 0) is 50.2 Å². The number of hydrogen-bond acceptors (Lipinski definition) is 5. The average Bonchev–Trinajstić information content (AvgIpc) is 3.04. The van der Waals surface area contributed by atoms with E-state index >= 15 is 0 Å². The number of amides is 1. The van der Waals surface area contributed by atoms with Gasteiger partial charge in [0.2, 0.25) is 0 Å². The van der Waals surface area contributed by atoms with Crippen LogP contribution in [0.4, 0.5) is 10.5 Å². The van der Waals surface area contributed by atoms with Crippen LogP contribution in [0.3, 0.4) is 0 Å². The number of likely N-dealkylation sites (tertiary alicyclic amines) is 1. The van der Waals surface area contributed by atoms with Gasteiger partial charge in [-0.1, -0.05) is 31.0 Å². The number of benzene rings is 1. The van der Waals surface area contributed by atoms with Crippen LogP contribution in [0.1, 0.15) is 51.0 Å². The average molecular weight is 416 g/mol. The minimum Gasteiger partial charge on any atom is -0.450 e. The highest BCUT2D eigenvalue weighted by Gasteiger charge is 2.30. The second kappa shape index (κ2) is 11.3. The van der Waals surface area contributed by atoms with E-state index in [9.17, 15) is 9.59 Å². The van der Waals surface area contributed by atoms with Crippen LogP contribution in [0.2, 0.25) is 0 Å². The molecule has 0 unspecified atom stereocenters. The van der Waals surface area contributed by atoms with Crippen molar-refractivity contribution in [3.63, 3.8) is 0 Å². The summed E-state index contributed by atoms with van der Waals surface area (Å²) in [5, 5.41) is 3.66. The molecule has 0 radical (unpaired) electrons. The predicted octanol–water partition coefficient (Wildman–Crippen LogP) is 3.95. The van der Waals surface area contributed by atoms with E-state index in [1.54, 1.807) is 0 Å². The first kappa shape index (κ1) is 22.6. The van der Waals surface area contributed by atoms with Crippen molar-refractivity contribution in [2.75, 3.05) is 38.6 Å². The summed E-state index contributed by atoms with van der Waals surface area (Å²) < 4.78 is 5.21. The summed E-state index contributed by atoms with van der Waals surface area (Å²) in [6.45, 7) is 5.52. The van der Waals surface area contributed by atoms with E-state index < -0.39 is 0 Å². The number of ether oxygens (including phenoxy) is 1. The molecule has 6 heteroatoms. The van der Waals surface area contributed by atoms with Gasteiger partial charge in [0.1, 0.15) is 6.29 Å². The summed E-state index contributed by atoms with van der Waals surface area (Å²) in [5.74, 6) is 0.621. The first-order valence-electron chi connectivity index (χ1n) is 11.5. The second-order valence-corrected chi connectivity index (χ2v) is 8.77. The van der Waals surface area contributed by atoms with Crippen LogP contribution in [-0.4, -0.2) is 67.6 Å². The Morgan fingerprint density at radius 2 is 2.07 bits per heavy atom. The van der Waals surface area contributed by atoms with Gasteiger partial charge in [-0.2, -0.15) is 0 Å². The quantitative estimate of drug-likeness (QED) is 0.515. The van der Waals surface area contributed by atoms with Crippen molar-refractivity contribution in [2.45, 2.75) is 64.0 Å². The van der Waals surface area contributed by atoms with Gasteiger partial charge in [0, 0.05) is 50.9 Å². The topological polar surface area (TPSA) is 61.9 Å². The lowest BCUT2D eigenvalue weighted by molar-refractivity contribution is -0.107. The number of aldehydes is 1. The van der Waals surface area contributed by atoms with Crippen molar-refractivity contribution in [1.29, 1.82) is 0 Å². The minimum absolute atomic E-state index is 0.192. The van der Waals surface area contributed by atoms with Crippen LogP contribution in [-0.2, 0) is 16.0 Å². The number of nitrogens with zero attached hydrogens (tertiary/aromatic N) is 2. The molecule has 6 nitrogen and oxygen atoms in total. The summed E-state index contributed by atoms with van der Waals surface area (Å²) in [4.78, 5) is 27.5. The fourth-order valence-corrected chi connectivity index (χ4v) is 4.96. The van der Waals surface area contributed by atoms with Gasteiger partial charge in [-0.3, -0.25) is 0 Å². The fourth-order valence-electron chi connectivity index (χ4n) is 4.96. The Kier molecular flexibility index (Phi) is 8.55. The largest absolute Gasteiger partial charge is 0.450 e. The summed E-state index contributed by atoms with van der Waals surface area (Å²) in [7, 11) is 1.89. The maximum atomic E-state index is 12.2. The van der Waals surface area contributed by atoms with E-state index in [0.29, 0.717) is 25.0 Å². The van der Waals surface area contributed by atoms with Gasteiger partial charge in [0.05, 0.1) is 6.61 Å². The molecule has 3 rings (SSSR count). The molecular weight excluding hydrogens is 378 g/mol. The molecule has 1 aliphatic carbocycles. The zero-order valence-corrected chi connectivity index (χ0v) is 18.5. The van der Waals surface area contributed by atoms with Crippen LogP contribution in [0, 0.1) is 5.92 Å². The zero-order chi connectivity index (χ0) is 21.3. The van der Waals surface area contributed by atoms with Crippen LogP contribution in [0.15, 0.2) is 24.3 Å². The number of hydrogen-bond donors (Lipinski definition) is 1. The summed E-state index contributed by atoms with van der Waals surface area (Å²) >= 11 is 0. The third-order valence-corrected chi connectivity index (χ3v) is 6.58. The highest BCUT2D eigenvalue weighted by Crippen LogP contribution is 2.29. The molecule has 0 bridgehead atoms. The van der Waals surface area contributed by atoms with Crippen molar-refractivity contribution in [2.24, 2.45) is 5.92 Å². The lowest BCUT2D eigenvalue weighted by atomic mass is 9.97. The molecule has 166 valence electrons. The summed E-state index contributed by atoms with van der Waals surface area (Å²) in [6.07, 6.45) is 8.15. The molecule has 1 amide bonds. The molecular formula is C24H37N3O3. The van der Waals surface area contributed by atoms with E-state index in [1.807, 2.05) is 37.1 Å². The van der Waals surface area contributed by atoms with E-state index in [-0.39, 0.29) is 12.1 Å². The Labute approximate surface area is 180 Å². The molecule has 2 aliphatic rings. The molecule has 30 heavy (non-hydrogen) atoms. The monoisotopic (exact) mass is 415 g/mol. The van der Waals surface area contributed by atoms with E-state index in [2.05, 4.69) is 16.3 Å². The van der Waals surface area contributed by atoms with Crippen molar-refractivity contribution in [3.05, 3.63) is 29.8 Å². The summed E-state index contributed by atoms with van der Waals surface area (Å²) in [5.41, 5.74) is 2.15. The number of carbonyl (C=O) groups excluding carboxylic acids is 2. The molecule has 0 aromatic heterocycles. The minimum atomic E-state index is -0.192. The van der Waals surface area contributed by atoms with Gasteiger partial charge < -0.3 is 24.6 Å². The molecule has 0 spiro atoms. The number of anilines is 1. The standard InChI is InChI=1S/C24H37N3O3/c1-3-30-24(29)26(2)22-10-6-4-8-19(16-22)17-27-14-12-21(18-27)25-23-11-7-5-9-20(23)13-15-28/h5,7,9,11,15,19,21-22,25H,3-4,6,8,10,12-14,16-18H2,1-2H3/t19-,21-,22+/m0/s1. The molecule has 1 saturated carbocycles. The Hall–Kier alpha value is -2.08. The Morgan fingerprint density at radius 3 is 2.87 bits per heavy atom. The van der Waals surface area contributed by atoms with E-state index in [0.717, 1.165) is 56.4 Å². The Balaban J connectivity index is 1.52. The lowest BCUT2D eigenvalue weighted by Gasteiger charge is -2.30. The van der Waals surface area contributed by atoms with Crippen LogP contribution < -0.4 is 5.32 Å². The van der Waals surface area contributed by atoms with Crippen molar-refractivity contribution in [3.8, 4) is 0 Å². The maximum absolute atomic E-state index is 12.2. The van der Waals surface area contributed by atoms with E-state index in [1.165, 1.54) is 19.3 Å². The maximum Gasteiger partial charge on any atom is 0.409 e. The number of rotatable bonds is 8. The van der Waals surface area contributed by atoms with Gasteiger partial charge in [-0.15, -0.1) is 0 Å².